The first-order valence-electron chi connectivity index (χ1n) is 21.9. The summed E-state index contributed by atoms with van der Waals surface area (Å²) in [4.78, 5) is 0. The van der Waals surface area contributed by atoms with Gasteiger partial charge in [-0.3, -0.25) is 0 Å². The lowest BCUT2D eigenvalue weighted by atomic mass is 9.89. The molecule has 3 heteroatoms. The van der Waals surface area contributed by atoms with Crippen molar-refractivity contribution in [1.82, 2.24) is 0 Å². The normalized spacial score (nSPS) is 11.4. The molecule has 0 aliphatic heterocycles. The maximum atomic E-state index is 11.0. The molecule has 0 saturated carbocycles. The molecular formula is C51H72O3. The molecule has 4 aromatic carbocycles. The summed E-state index contributed by atoms with van der Waals surface area (Å²) in [6.45, 7) is 6.77. The van der Waals surface area contributed by atoms with Gasteiger partial charge in [0.15, 0.2) is 0 Å². The van der Waals surface area contributed by atoms with Gasteiger partial charge in [-0.1, -0.05) is 172 Å². The van der Waals surface area contributed by atoms with E-state index in [1.165, 1.54) is 130 Å². The molecule has 0 unspecified atom stereocenters. The van der Waals surface area contributed by atoms with Crippen LogP contribution in [0.2, 0.25) is 0 Å². The molecule has 0 atom stereocenters. The van der Waals surface area contributed by atoms with E-state index in [0.717, 1.165) is 74.5 Å². The molecule has 294 valence electrons. The average molecular weight is 733 g/mol. The number of phenols is 3. The van der Waals surface area contributed by atoms with Crippen LogP contribution in [0.15, 0.2) is 72.8 Å². The van der Waals surface area contributed by atoms with E-state index in [4.69, 9.17) is 0 Å². The van der Waals surface area contributed by atoms with Crippen molar-refractivity contribution in [3.63, 3.8) is 0 Å². The molecule has 0 heterocycles. The Morgan fingerprint density at radius 1 is 0.333 bits per heavy atom. The fourth-order valence-electron chi connectivity index (χ4n) is 8.28. The highest BCUT2D eigenvalue weighted by Crippen LogP contribution is 2.31. The van der Waals surface area contributed by atoms with E-state index >= 15 is 0 Å². The van der Waals surface area contributed by atoms with Crippen molar-refractivity contribution in [1.29, 1.82) is 0 Å². The molecule has 0 aromatic heterocycles. The molecule has 0 spiro atoms. The Hall–Kier alpha value is -3.72. The van der Waals surface area contributed by atoms with Crippen LogP contribution in [0.4, 0.5) is 0 Å². The van der Waals surface area contributed by atoms with Crippen LogP contribution >= 0.6 is 0 Å². The van der Waals surface area contributed by atoms with Gasteiger partial charge in [0.25, 0.3) is 0 Å². The van der Waals surface area contributed by atoms with Gasteiger partial charge in [-0.15, -0.1) is 0 Å². The second-order valence-electron chi connectivity index (χ2n) is 16.0. The van der Waals surface area contributed by atoms with Crippen molar-refractivity contribution in [2.75, 3.05) is 0 Å². The third kappa shape index (κ3) is 14.5. The highest BCUT2D eigenvalue weighted by atomic mass is 16.3. The van der Waals surface area contributed by atoms with Crippen LogP contribution in [-0.2, 0) is 38.5 Å². The SMILES string of the molecule is CCCCCCCCc1c(O)cccc1Cc1cc(Cc2cccc(O)c2CCCCCCCC)cc(Cc2cccc(O)c2CCCCCCCC)c1. The van der Waals surface area contributed by atoms with Gasteiger partial charge in [-0.2, -0.15) is 0 Å². The number of phenolic OH excluding ortho intramolecular Hbond substituents is 3. The van der Waals surface area contributed by atoms with Gasteiger partial charge < -0.3 is 15.3 Å². The lowest BCUT2D eigenvalue weighted by molar-refractivity contribution is 0.464. The van der Waals surface area contributed by atoms with Gasteiger partial charge in [0.05, 0.1) is 0 Å². The van der Waals surface area contributed by atoms with E-state index < -0.39 is 0 Å². The Bertz CT molecular complexity index is 1450. The highest BCUT2D eigenvalue weighted by Gasteiger charge is 2.15. The second kappa shape index (κ2) is 24.6. The molecule has 0 fully saturated rings. The molecule has 4 aromatic rings. The van der Waals surface area contributed by atoms with Crippen molar-refractivity contribution in [3.05, 3.63) is 123 Å². The molecule has 3 N–H and O–H groups in total. The highest BCUT2D eigenvalue weighted by molar-refractivity contribution is 5.48. The van der Waals surface area contributed by atoms with E-state index in [-0.39, 0.29) is 0 Å². The Morgan fingerprint density at radius 3 is 0.870 bits per heavy atom. The first kappa shape index (κ1) is 43.0. The molecule has 4 rings (SSSR count). The number of unbranched alkanes of at least 4 members (excludes halogenated alkanes) is 15. The van der Waals surface area contributed by atoms with Crippen LogP contribution < -0.4 is 0 Å². The summed E-state index contributed by atoms with van der Waals surface area (Å²) in [7, 11) is 0. The van der Waals surface area contributed by atoms with Gasteiger partial charge in [-0.25, -0.2) is 0 Å². The summed E-state index contributed by atoms with van der Waals surface area (Å²) < 4.78 is 0. The second-order valence-corrected chi connectivity index (χ2v) is 16.0. The maximum Gasteiger partial charge on any atom is 0.119 e. The van der Waals surface area contributed by atoms with Crippen LogP contribution in [-0.4, -0.2) is 15.3 Å². The van der Waals surface area contributed by atoms with Crippen LogP contribution in [0, 0.1) is 0 Å². The predicted octanol–water partition coefficient (Wildman–Crippen LogP) is 14.3. The van der Waals surface area contributed by atoms with Crippen LogP contribution in [0.25, 0.3) is 0 Å². The van der Waals surface area contributed by atoms with Gasteiger partial charge in [0, 0.05) is 0 Å². The first-order chi connectivity index (χ1) is 26.4. The van der Waals surface area contributed by atoms with Crippen LogP contribution in [0.5, 0.6) is 17.2 Å². The zero-order valence-electron chi connectivity index (χ0n) is 34.2. The van der Waals surface area contributed by atoms with E-state index in [1.54, 1.807) is 0 Å². The van der Waals surface area contributed by atoms with Crippen molar-refractivity contribution in [2.45, 2.75) is 175 Å². The third-order valence-electron chi connectivity index (χ3n) is 11.4. The predicted molar refractivity (Wildman–Crippen MR) is 230 cm³/mol. The summed E-state index contributed by atoms with van der Waals surface area (Å²) in [6, 6.07) is 25.1. The lowest BCUT2D eigenvalue weighted by Gasteiger charge is -2.17. The van der Waals surface area contributed by atoms with Crippen molar-refractivity contribution >= 4 is 0 Å². The largest absolute Gasteiger partial charge is 0.508 e. The smallest absolute Gasteiger partial charge is 0.119 e. The monoisotopic (exact) mass is 733 g/mol. The molecule has 54 heavy (non-hydrogen) atoms. The molecule has 0 saturated heterocycles. The number of hydrogen-bond acceptors (Lipinski definition) is 3. The Morgan fingerprint density at radius 2 is 0.593 bits per heavy atom. The summed E-state index contributed by atoms with van der Waals surface area (Å²) in [6.07, 6.45) is 27.2. The Kier molecular flexibility index (Phi) is 19.6. The number of rotatable bonds is 27. The van der Waals surface area contributed by atoms with Crippen molar-refractivity contribution in [3.8, 4) is 17.2 Å². The molecule has 0 aliphatic carbocycles. The third-order valence-corrected chi connectivity index (χ3v) is 11.4. The fourth-order valence-corrected chi connectivity index (χ4v) is 8.28. The maximum absolute atomic E-state index is 11.0. The zero-order chi connectivity index (χ0) is 38.4. The van der Waals surface area contributed by atoms with Gasteiger partial charge in [0.1, 0.15) is 17.2 Å². The Labute approximate surface area is 329 Å². The standard InChI is InChI=1S/C51H72O3/c1-4-7-10-13-16-19-28-46-43(25-22-31-49(46)52)37-40-34-41(38-44-26-23-32-50(53)47(44)29-20-17-14-11-8-5-2)36-42(35-40)39-45-27-24-33-51(54)48(45)30-21-18-15-12-9-6-3/h22-27,31-36,52-54H,4-21,28-30,37-39H2,1-3H3. The van der Waals surface area contributed by atoms with Crippen LogP contribution in [0.3, 0.4) is 0 Å². The van der Waals surface area contributed by atoms with E-state index in [2.05, 4.69) is 57.2 Å². The molecule has 0 amide bonds. The van der Waals surface area contributed by atoms with E-state index in [1.807, 2.05) is 36.4 Å². The van der Waals surface area contributed by atoms with Gasteiger partial charge in [0.2, 0.25) is 0 Å². The van der Waals surface area contributed by atoms with Crippen LogP contribution in [0.1, 0.15) is 186 Å². The summed E-state index contributed by atoms with van der Waals surface area (Å²) in [5, 5.41) is 33.1. The summed E-state index contributed by atoms with van der Waals surface area (Å²) in [5.41, 5.74) is 10.6. The Balaban J connectivity index is 1.62. The molecule has 3 nitrogen and oxygen atoms in total. The zero-order valence-corrected chi connectivity index (χ0v) is 34.2. The number of aromatic hydroxyl groups is 3. The van der Waals surface area contributed by atoms with E-state index in [9.17, 15) is 15.3 Å². The van der Waals surface area contributed by atoms with E-state index in [0.29, 0.717) is 17.2 Å². The average Bonchev–Trinajstić information content (AvgIpc) is 3.15. The quantitative estimate of drug-likeness (QED) is 0.0535. The minimum atomic E-state index is 0.413. The molecular weight excluding hydrogens is 661 g/mol. The first-order valence-corrected chi connectivity index (χ1v) is 21.9. The number of benzene rings is 4. The van der Waals surface area contributed by atoms with Gasteiger partial charge >= 0.3 is 0 Å². The minimum absolute atomic E-state index is 0.413. The lowest BCUT2D eigenvalue weighted by Crippen LogP contribution is -2.03. The van der Waals surface area contributed by atoms with Gasteiger partial charge in [-0.05, 0) is 126 Å². The molecule has 0 aliphatic rings. The molecule has 0 radical (unpaired) electrons. The minimum Gasteiger partial charge on any atom is -0.508 e. The summed E-state index contributed by atoms with van der Waals surface area (Å²) in [5.74, 6) is 1.24. The number of hydrogen-bond donors (Lipinski definition) is 3. The summed E-state index contributed by atoms with van der Waals surface area (Å²) >= 11 is 0. The topological polar surface area (TPSA) is 60.7 Å². The molecule has 0 bridgehead atoms. The fraction of sp³-hybridized carbons (Fsp3) is 0.529. The van der Waals surface area contributed by atoms with Crippen molar-refractivity contribution in [2.24, 2.45) is 0 Å². The van der Waals surface area contributed by atoms with Crippen molar-refractivity contribution < 1.29 is 15.3 Å².